The van der Waals surface area contributed by atoms with E-state index in [9.17, 15) is 13.6 Å². The van der Waals surface area contributed by atoms with Crippen LogP contribution in [-0.2, 0) is 9.47 Å². The van der Waals surface area contributed by atoms with E-state index in [0.29, 0.717) is 86.1 Å². The van der Waals surface area contributed by atoms with Crippen LogP contribution in [0.15, 0.2) is 24.5 Å². The summed E-state index contributed by atoms with van der Waals surface area (Å²) >= 11 is 0. The third-order valence-electron chi connectivity index (χ3n) is 7.50. The number of halogens is 2. The number of methoxy groups -OCH3 is 1. The Morgan fingerprint density at radius 3 is 2.45 bits per heavy atom. The fourth-order valence-corrected chi connectivity index (χ4v) is 5.50. The van der Waals surface area contributed by atoms with E-state index in [1.54, 1.807) is 29.4 Å². The number of piperidine rings is 1. The number of likely N-dealkylation sites (tertiary alicyclic amines) is 1. The van der Waals surface area contributed by atoms with E-state index in [2.05, 4.69) is 9.97 Å². The van der Waals surface area contributed by atoms with Gasteiger partial charge in [-0.2, -0.15) is 9.97 Å². The molecule has 224 valence electrons. The predicted molar refractivity (Wildman–Crippen MR) is 151 cm³/mol. The van der Waals surface area contributed by atoms with Gasteiger partial charge in [-0.05, 0) is 45.7 Å². The quantitative estimate of drug-likeness (QED) is 0.334. The highest BCUT2D eigenvalue weighted by molar-refractivity contribution is 5.88. The van der Waals surface area contributed by atoms with Gasteiger partial charge in [0.05, 0.1) is 32.2 Å². The third-order valence-corrected chi connectivity index (χ3v) is 7.50. The van der Waals surface area contributed by atoms with Crippen LogP contribution in [0.25, 0.3) is 28.0 Å². The minimum Gasteiger partial charge on any atom is -0.494 e. The Kier molecular flexibility index (Phi) is 7.33. The molecule has 2 saturated heterocycles. The average molecular weight is 585 g/mol. The Hall–Kier alpha value is -4.07. The zero-order valence-electron chi connectivity index (χ0n) is 24.1. The van der Waals surface area contributed by atoms with Crippen molar-refractivity contribution in [1.82, 2.24) is 34.0 Å². The van der Waals surface area contributed by atoms with Gasteiger partial charge in [0, 0.05) is 32.2 Å². The van der Waals surface area contributed by atoms with Crippen molar-refractivity contribution in [3.8, 4) is 11.6 Å². The Labute approximate surface area is 241 Å². The van der Waals surface area contributed by atoms with E-state index in [0.717, 1.165) is 0 Å². The van der Waals surface area contributed by atoms with Crippen LogP contribution in [-0.4, -0.2) is 92.2 Å². The molecule has 2 fully saturated rings. The van der Waals surface area contributed by atoms with Crippen molar-refractivity contribution in [1.29, 1.82) is 0 Å². The molecule has 42 heavy (non-hydrogen) atoms. The van der Waals surface area contributed by atoms with Gasteiger partial charge in [0.1, 0.15) is 16.9 Å². The standard InChI is InChI=1S/C28H34F2N8O4/c1-28(2,3)42-27(39)36-10-8-17(9-11-36)37-16-31-21-23(37)33-26(35-12-14-41-15-13-35)34-24(21)38-18-6-5-7-19(40-4)20(18)32-25(38)22(29)30/h5-7,16-17,22H,8-15H2,1-4H3. The molecule has 6 rings (SSSR count). The molecule has 0 aliphatic carbocycles. The number of hydrogen-bond acceptors (Lipinski definition) is 9. The molecule has 0 spiro atoms. The SMILES string of the molecule is COc1cccc2c1nc(C(F)F)n2-c1nc(N2CCOCC2)nc2c1ncn2C1CCN(C(=O)OC(C)(C)C)CC1. The van der Waals surface area contributed by atoms with Gasteiger partial charge in [0.2, 0.25) is 5.95 Å². The van der Waals surface area contributed by atoms with Gasteiger partial charge in [0.25, 0.3) is 6.43 Å². The number of ether oxygens (including phenoxy) is 3. The number of para-hydroxylation sites is 1. The molecule has 0 unspecified atom stereocenters. The van der Waals surface area contributed by atoms with Crippen molar-refractivity contribution in [2.45, 2.75) is 51.7 Å². The third kappa shape index (κ3) is 5.19. The number of hydrogen-bond donors (Lipinski definition) is 0. The number of anilines is 1. The number of fused-ring (bicyclic) bond motifs is 2. The van der Waals surface area contributed by atoms with Gasteiger partial charge in [-0.3, -0.25) is 4.57 Å². The van der Waals surface area contributed by atoms with Crippen molar-refractivity contribution >= 4 is 34.2 Å². The molecule has 2 aliphatic rings. The smallest absolute Gasteiger partial charge is 0.410 e. The first-order chi connectivity index (χ1) is 20.1. The molecule has 2 aliphatic heterocycles. The second-order valence-corrected chi connectivity index (χ2v) is 11.4. The van der Waals surface area contributed by atoms with Crippen molar-refractivity contribution in [2.24, 2.45) is 0 Å². The number of rotatable bonds is 5. The van der Waals surface area contributed by atoms with Gasteiger partial charge in [0.15, 0.2) is 22.8 Å². The van der Waals surface area contributed by atoms with E-state index in [1.807, 2.05) is 30.2 Å². The molecule has 1 aromatic carbocycles. The number of carbonyl (C=O) groups excluding carboxylic acids is 1. The minimum absolute atomic E-state index is 0.0110. The van der Waals surface area contributed by atoms with Gasteiger partial charge in [-0.25, -0.2) is 23.5 Å². The number of aromatic nitrogens is 6. The summed E-state index contributed by atoms with van der Waals surface area (Å²) in [6.45, 7) is 8.69. The summed E-state index contributed by atoms with van der Waals surface area (Å²) in [5.41, 5.74) is 1.07. The van der Waals surface area contributed by atoms with E-state index < -0.39 is 17.9 Å². The normalized spacial score (nSPS) is 17.0. The van der Waals surface area contributed by atoms with Crippen LogP contribution in [0.1, 0.15) is 51.9 Å². The maximum absolute atomic E-state index is 14.5. The van der Waals surface area contributed by atoms with Crippen LogP contribution >= 0.6 is 0 Å². The van der Waals surface area contributed by atoms with E-state index in [4.69, 9.17) is 24.2 Å². The van der Waals surface area contributed by atoms with Gasteiger partial charge < -0.3 is 28.6 Å². The molecule has 0 radical (unpaired) electrons. The van der Waals surface area contributed by atoms with E-state index >= 15 is 0 Å². The number of benzene rings is 1. The molecule has 0 saturated carbocycles. The van der Waals surface area contributed by atoms with Crippen molar-refractivity contribution in [3.63, 3.8) is 0 Å². The fraction of sp³-hybridized carbons (Fsp3) is 0.536. The van der Waals surface area contributed by atoms with Crippen LogP contribution in [0.4, 0.5) is 19.5 Å². The lowest BCUT2D eigenvalue weighted by atomic mass is 10.1. The molecule has 0 atom stereocenters. The minimum atomic E-state index is -2.88. The largest absolute Gasteiger partial charge is 0.494 e. The highest BCUT2D eigenvalue weighted by atomic mass is 19.3. The summed E-state index contributed by atoms with van der Waals surface area (Å²) in [5.74, 6) is 0.549. The highest BCUT2D eigenvalue weighted by Crippen LogP contribution is 2.35. The van der Waals surface area contributed by atoms with Gasteiger partial charge in [-0.1, -0.05) is 6.07 Å². The van der Waals surface area contributed by atoms with E-state index in [1.165, 1.54) is 11.7 Å². The summed E-state index contributed by atoms with van der Waals surface area (Å²) in [6.07, 6.45) is -0.216. The maximum Gasteiger partial charge on any atom is 0.410 e. The topological polar surface area (TPSA) is 113 Å². The first-order valence-electron chi connectivity index (χ1n) is 14.0. The Morgan fingerprint density at radius 2 is 1.79 bits per heavy atom. The molecule has 1 amide bonds. The second-order valence-electron chi connectivity index (χ2n) is 11.4. The molecule has 4 aromatic rings. The van der Waals surface area contributed by atoms with Crippen LogP contribution in [0.2, 0.25) is 0 Å². The number of morpholine rings is 1. The Morgan fingerprint density at radius 1 is 1.05 bits per heavy atom. The number of imidazole rings is 2. The second kappa shape index (κ2) is 11.0. The van der Waals surface area contributed by atoms with Crippen molar-refractivity contribution in [2.75, 3.05) is 51.4 Å². The molecule has 14 heteroatoms. The number of amides is 1. The fourth-order valence-electron chi connectivity index (χ4n) is 5.50. The molecular weight excluding hydrogens is 550 g/mol. The summed E-state index contributed by atoms with van der Waals surface area (Å²) in [6, 6.07) is 5.11. The van der Waals surface area contributed by atoms with E-state index in [-0.39, 0.29) is 18.0 Å². The predicted octanol–water partition coefficient (Wildman–Crippen LogP) is 4.52. The number of carbonyl (C=O) groups is 1. The maximum atomic E-state index is 14.5. The Balaban J connectivity index is 1.45. The first-order valence-corrected chi connectivity index (χ1v) is 14.0. The lowest BCUT2D eigenvalue weighted by Crippen LogP contribution is -2.42. The van der Waals surface area contributed by atoms with Gasteiger partial charge in [-0.15, -0.1) is 0 Å². The zero-order chi connectivity index (χ0) is 29.6. The average Bonchev–Trinajstić information content (AvgIpc) is 3.58. The molecule has 0 bridgehead atoms. The molecule has 5 heterocycles. The lowest BCUT2D eigenvalue weighted by molar-refractivity contribution is 0.0189. The van der Waals surface area contributed by atoms with Crippen molar-refractivity contribution in [3.05, 3.63) is 30.4 Å². The lowest BCUT2D eigenvalue weighted by Gasteiger charge is -2.34. The molecule has 3 aromatic heterocycles. The van der Waals surface area contributed by atoms with Crippen LogP contribution in [0.3, 0.4) is 0 Å². The highest BCUT2D eigenvalue weighted by Gasteiger charge is 2.31. The zero-order valence-corrected chi connectivity index (χ0v) is 24.1. The molecule has 12 nitrogen and oxygen atoms in total. The molecule has 0 N–H and O–H groups in total. The van der Waals surface area contributed by atoms with Crippen LogP contribution < -0.4 is 9.64 Å². The summed E-state index contributed by atoms with van der Waals surface area (Å²) < 4.78 is 48.8. The van der Waals surface area contributed by atoms with Crippen molar-refractivity contribution < 1.29 is 27.8 Å². The van der Waals surface area contributed by atoms with Crippen LogP contribution in [0, 0.1) is 0 Å². The van der Waals surface area contributed by atoms with Gasteiger partial charge >= 0.3 is 6.09 Å². The first kappa shape index (κ1) is 28.1. The summed E-state index contributed by atoms with van der Waals surface area (Å²) in [4.78, 5) is 34.9. The molecular formula is C28H34F2N8O4. The Bertz CT molecular complexity index is 1600. The monoisotopic (exact) mass is 584 g/mol. The number of nitrogens with zero attached hydrogens (tertiary/aromatic N) is 8. The summed E-state index contributed by atoms with van der Waals surface area (Å²) in [5, 5.41) is 0. The van der Waals surface area contributed by atoms with Crippen LogP contribution in [0.5, 0.6) is 5.75 Å². The summed E-state index contributed by atoms with van der Waals surface area (Å²) in [7, 11) is 1.48. The number of alkyl halides is 2.